The maximum atomic E-state index is 6.20. The first-order valence-electron chi connectivity index (χ1n) is 5.55. The Morgan fingerprint density at radius 3 is 3.00 bits per heavy atom. The van der Waals surface area contributed by atoms with E-state index < -0.39 is 0 Å². The zero-order valence-corrected chi connectivity index (χ0v) is 12.3. The van der Waals surface area contributed by atoms with E-state index in [9.17, 15) is 0 Å². The van der Waals surface area contributed by atoms with Gasteiger partial charge in [-0.2, -0.15) is 0 Å². The van der Waals surface area contributed by atoms with Crippen LogP contribution in [0.1, 0.15) is 12.8 Å². The zero-order valence-electron chi connectivity index (χ0n) is 9.34. The Balaban J connectivity index is 2.02. The molecule has 0 aliphatic carbocycles. The summed E-state index contributed by atoms with van der Waals surface area (Å²) in [6, 6.07) is 6.67. The van der Waals surface area contributed by atoms with Crippen LogP contribution in [0.4, 0.5) is 5.69 Å². The van der Waals surface area contributed by atoms with Crippen molar-refractivity contribution < 1.29 is 0 Å². The highest BCUT2D eigenvalue weighted by Crippen LogP contribution is 2.25. The average molecular weight is 351 g/mol. The molecule has 16 heavy (non-hydrogen) atoms. The van der Waals surface area contributed by atoms with Gasteiger partial charge in [0.25, 0.3) is 0 Å². The molecule has 1 aromatic carbocycles. The molecule has 1 aromatic rings. The Morgan fingerprint density at radius 2 is 2.31 bits per heavy atom. The Hall–Kier alpha value is -0.0000000000000000555. The maximum absolute atomic E-state index is 6.20. The fourth-order valence-electron chi connectivity index (χ4n) is 2.11. The standard InChI is InChI=1S/C12H16ClIN2/c1-16-6-2-3-10(8-16)15-12-5-4-9(14)7-11(12)13/h4-5,7,10,15H,2-3,6,8H2,1H3. The Kier molecular flexibility index (Phi) is 4.33. The van der Waals surface area contributed by atoms with Gasteiger partial charge in [0.05, 0.1) is 10.7 Å². The molecule has 0 aromatic heterocycles. The molecule has 0 saturated carbocycles. The number of nitrogens with zero attached hydrogens (tertiary/aromatic N) is 1. The third-order valence-corrected chi connectivity index (χ3v) is 3.90. The number of piperidine rings is 1. The Bertz CT molecular complexity index is 370. The summed E-state index contributed by atoms with van der Waals surface area (Å²) in [7, 11) is 2.17. The van der Waals surface area contributed by atoms with Gasteiger partial charge in [0.1, 0.15) is 0 Å². The van der Waals surface area contributed by atoms with Crippen molar-refractivity contribution >= 4 is 39.9 Å². The topological polar surface area (TPSA) is 15.3 Å². The third-order valence-electron chi connectivity index (χ3n) is 2.92. The molecule has 1 N–H and O–H groups in total. The van der Waals surface area contributed by atoms with Gasteiger partial charge >= 0.3 is 0 Å². The molecule has 0 radical (unpaired) electrons. The Labute approximate surface area is 115 Å². The second-order valence-electron chi connectivity index (χ2n) is 4.37. The van der Waals surface area contributed by atoms with Gasteiger partial charge in [0, 0.05) is 16.2 Å². The molecule has 88 valence electrons. The van der Waals surface area contributed by atoms with Crippen molar-refractivity contribution in [2.75, 3.05) is 25.5 Å². The molecule has 1 atom stereocenters. The number of likely N-dealkylation sites (N-methyl/N-ethyl adjacent to an activating group) is 1. The SMILES string of the molecule is CN1CCCC(Nc2ccc(I)cc2Cl)C1. The second kappa shape index (κ2) is 5.56. The van der Waals surface area contributed by atoms with E-state index in [-0.39, 0.29) is 0 Å². The van der Waals surface area contributed by atoms with Gasteiger partial charge in [-0.15, -0.1) is 0 Å². The van der Waals surface area contributed by atoms with Crippen LogP contribution in [0.15, 0.2) is 18.2 Å². The summed E-state index contributed by atoms with van der Waals surface area (Å²) in [5.41, 5.74) is 1.06. The number of anilines is 1. The number of rotatable bonds is 2. The summed E-state index contributed by atoms with van der Waals surface area (Å²) >= 11 is 8.48. The molecular formula is C12H16ClIN2. The van der Waals surface area contributed by atoms with Gasteiger partial charge in [-0.05, 0) is 67.2 Å². The van der Waals surface area contributed by atoms with Crippen LogP contribution >= 0.6 is 34.2 Å². The number of halogens is 2. The lowest BCUT2D eigenvalue weighted by molar-refractivity contribution is 0.261. The first-order chi connectivity index (χ1) is 7.65. The second-order valence-corrected chi connectivity index (χ2v) is 6.02. The van der Waals surface area contributed by atoms with Crippen LogP contribution in [0.25, 0.3) is 0 Å². The molecule has 0 bridgehead atoms. The smallest absolute Gasteiger partial charge is 0.0648 e. The molecule has 1 saturated heterocycles. The van der Waals surface area contributed by atoms with Crippen molar-refractivity contribution in [2.24, 2.45) is 0 Å². The van der Waals surface area contributed by atoms with Gasteiger partial charge in [-0.25, -0.2) is 0 Å². The molecular weight excluding hydrogens is 335 g/mol. The van der Waals surface area contributed by atoms with Crippen molar-refractivity contribution in [3.05, 3.63) is 26.8 Å². The third kappa shape index (κ3) is 3.25. The summed E-state index contributed by atoms with van der Waals surface area (Å²) in [6.07, 6.45) is 2.49. The minimum atomic E-state index is 0.524. The van der Waals surface area contributed by atoms with Crippen molar-refractivity contribution in [3.63, 3.8) is 0 Å². The zero-order chi connectivity index (χ0) is 11.5. The van der Waals surface area contributed by atoms with E-state index in [4.69, 9.17) is 11.6 Å². The van der Waals surface area contributed by atoms with E-state index in [2.05, 4.69) is 52.0 Å². The van der Waals surface area contributed by atoms with E-state index in [1.54, 1.807) is 0 Å². The van der Waals surface area contributed by atoms with Crippen LogP contribution in [0.2, 0.25) is 5.02 Å². The lowest BCUT2D eigenvalue weighted by Crippen LogP contribution is -2.39. The van der Waals surface area contributed by atoms with Crippen LogP contribution < -0.4 is 5.32 Å². The molecule has 0 amide bonds. The molecule has 2 nitrogen and oxygen atoms in total. The first kappa shape index (κ1) is 12.5. The number of likely N-dealkylation sites (tertiary alicyclic amines) is 1. The number of benzene rings is 1. The number of hydrogen-bond acceptors (Lipinski definition) is 2. The summed E-state index contributed by atoms with van der Waals surface area (Å²) < 4.78 is 1.17. The molecule has 1 aliphatic rings. The Morgan fingerprint density at radius 1 is 1.50 bits per heavy atom. The van der Waals surface area contributed by atoms with Crippen molar-refractivity contribution in [3.8, 4) is 0 Å². The van der Waals surface area contributed by atoms with Gasteiger partial charge < -0.3 is 10.2 Å². The minimum absolute atomic E-state index is 0.524. The van der Waals surface area contributed by atoms with Gasteiger partial charge in [-0.1, -0.05) is 11.6 Å². The van der Waals surface area contributed by atoms with E-state index >= 15 is 0 Å². The molecule has 1 aliphatic heterocycles. The van der Waals surface area contributed by atoms with Crippen molar-refractivity contribution in [1.82, 2.24) is 4.90 Å². The molecule has 4 heteroatoms. The quantitative estimate of drug-likeness (QED) is 0.822. The highest BCUT2D eigenvalue weighted by atomic mass is 127. The molecule has 1 unspecified atom stereocenters. The highest BCUT2D eigenvalue weighted by molar-refractivity contribution is 14.1. The number of hydrogen-bond donors (Lipinski definition) is 1. The van der Waals surface area contributed by atoms with E-state index in [1.165, 1.54) is 23.0 Å². The molecule has 0 spiro atoms. The van der Waals surface area contributed by atoms with E-state index in [1.807, 2.05) is 6.07 Å². The highest BCUT2D eigenvalue weighted by Gasteiger charge is 2.17. The lowest BCUT2D eigenvalue weighted by atomic mass is 10.1. The maximum Gasteiger partial charge on any atom is 0.0648 e. The van der Waals surface area contributed by atoms with Crippen LogP contribution in [0, 0.1) is 3.57 Å². The van der Waals surface area contributed by atoms with E-state index in [0.29, 0.717) is 6.04 Å². The molecule has 2 rings (SSSR count). The summed E-state index contributed by atoms with van der Waals surface area (Å²) in [6.45, 7) is 2.31. The van der Waals surface area contributed by atoms with E-state index in [0.717, 1.165) is 17.3 Å². The van der Waals surface area contributed by atoms with Crippen molar-refractivity contribution in [1.29, 1.82) is 0 Å². The lowest BCUT2D eigenvalue weighted by Gasteiger charge is -2.31. The predicted molar refractivity (Wildman–Crippen MR) is 78.3 cm³/mol. The van der Waals surface area contributed by atoms with Gasteiger partial charge in [-0.3, -0.25) is 0 Å². The van der Waals surface area contributed by atoms with Gasteiger partial charge in [0.15, 0.2) is 0 Å². The van der Waals surface area contributed by atoms with Gasteiger partial charge in [0.2, 0.25) is 0 Å². The monoisotopic (exact) mass is 350 g/mol. The van der Waals surface area contributed by atoms with Crippen LogP contribution in [0.5, 0.6) is 0 Å². The molecule has 1 fully saturated rings. The minimum Gasteiger partial charge on any atom is -0.380 e. The predicted octanol–water partition coefficient (Wildman–Crippen LogP) is 3.45. The van der Waals surface area contributed by atoms with Crippen molar-refractivity contribution in [2.45, 2.75) is 18.9 Å². The average Bonchev–Trinajstić information content (AvgIpc) is 2.22. The summed E-state index contributed by atoms with van der Waals surface area (Å²) in [4.78, 5) is 2.36. The molecule has 1 heterocycles. The van der Waals surface area contributed by atoms with Crippen LogP contribution in [-0.2, 0) is 0 Å². The van der Waals surface area contributed by atoms with Crippen LogP contribution in [-0.4, -0.2) is 31.1 Å². The fourth-order valence-corrected chi connectivity index (χ4v) is 3.02. The normalized spacial score (nSPS) is 22.1. The first-order valence-corrected chi connectivity index (χ1v) is 7.01. The summed E-state index contributed by atoms with van der Waals surface area (Å²) in [5, 5.41) is 4.35. The largest absolute Gasteiger partial charge is 0.380 e. The van der Waals surface area contributed by atoms with Crippen LogP contribution in [0.3, 0.4) is 0 Å². The fraction of sp³-hybridized carbons (Fsp3) is 0.500. The summed E-state index contributed by atoms with van der Waals surface area (Å²) in [5.74, 6) is 0. The number of nitrogens with one attached hydrogen (secondary N) is 1.